The molecule has 1 saturated heterocycles. The molecular weight excluding hydrogens is 312 g/mol. The molecule has 1 N–H and O–H groups in total. The van der Waals surface area contributed by atoms with Crippen LogP contribution in [0.2, 0.25) is 0 Å². The molecule has 3 atom stereocenters. The van der Waals surface area contributed by atoms with Gasteiger partial charge in [0.1, 0.15) is 0 Å². The van der Waals surface area contributed by atoms with Crippen LogP contribution in [0, 0.1) is 17.8 Å². The van der Waals surface area contributed by atoms with Crippen LogP contribution in [0.4, 0.5) is 0 Å². The van der Waals surface area contributed by atoms with Crippen molar-refractivity contribution in [1.29, 1.82) is 0 Å². The SMILES string of the molecule is O=C(C[C@@H]1C[C@H]2CC[C@@H]1C2)NCc1ccccc1CN1CCOCC1. The van der Waals surface area contributed by atoms with Gasteiger partial charge >= 0.3 is 0 Å². The molecule has 1 heterocycles. The summed E-state index contributed by atoms with van der Waals surface area (Å²) in [6.07, 6.45) is 6.14. The van der Waals surface area contributed by atoms with Crippen LogP contribution in [0.1, 0.15) is 43.2 Å². The summed E-state index contributed by atoms with van der Waals surface area (Å²) in [4.78, 5) is 14.8. The highest BCUT2D eigenvalue weighted by Gasteiger charge is 2.40. The third-order valence-corrected chi connectivity index (χ3v) is 6.42. The Labute approximate surface area is 150 Å². The number of nitrogens with one attached hydrogen (secondary N) is 1. The second-order valence-corrected chi connectivity index (χ2v) is 8.07. The second-order valence-electron chi connectivity index (χ2n) is 8.07. The minimum atomic E-state index is 0.235. The molecule has 1 amide bonds. The summed E-state index contributed by atoms with van der Waals surface area (Å²) >= 11 is 0. The van der Waals surface area contributed by atoms with Crippen molar-refractivity contribution in [3.63, 3.8) is 0 Å². The van der Waals surface area contributed by atoms with E-state index in [-0.39, 0.29) is 5.91 Å². The van der Waals surface area contributed by atoms with E-state index in [1.165, 1.54) is 36.8 Å². The van der Waals surface area contributed by atoms with E-state index in [1.54, 1.807) is 0 Å². The maximum atomic E-state index is 12.4. The van der Waals surface area contributed by atoms with E-state index < -0.39 is 0 Å². The molecule has 25 heavy (non-hydrogen) atoms. The molecule has 2 bridgehead atoms. The van der Waals surface area contributed by atoms with Gasteiger partial charge in [-0.3, -0.25) is 9.69 Å². The number of benzene rings is 1. The first kappa shape index (κ1) is 17.0. The van der Waals surface area contributed by atoms with Gasteiger partial charge in [0.15, 0.2) is 0 Å². The fourth-order valence-corrected chi connectivity index (χ4v) is 5.01. The Morgan fingerprint density at radius 3 is 2.64 bits per heavy atom. The molecule has 1 aliphatic heterocycles. The van der Waals surface area contributed by atoms with Gasteiger partial charge in [-0.15, -0.1) is 0 Å². The zero-order valence-electron chi connectivity index (χ0n) is 15.1. The van der Waals surface area contributed by atoms with Crippen molar-refractivity contribution < 1.29 is 9.53 Å². The molecule has 0 aromatic heterocycles. The number of amides is 1. The van der Waals surface area contributed by atoms with Crippen LogP contribution in [0.5, 0.6) is 0 Å². The highest BCUT2D eigenvalue weighted by molar-refractivity contribution is 5.76. The Morgan fingerprint density at radius 1 is 1.12 bits per heavy atom. The fourth-order valence-electron chi connectivity index (χ4n) is 5.01. The summed E-state index contributed by atoms with van der Waals surface area (Å²) in [6.45, 7) is 5.22. The van der Waals surface area contributed by atoms with Crippen LogP contribution < -0.4 is 5.32 Å². The maximum absolute atomic E-state index is 12.4. The van der Waals surface area contributed by atoms with Gasteiger partial charge in [-0.2, -0.15) is 0 Å². The van der Waals surface area contributed by atoms with Gasteiger partial charge in [-0.05, 0) is 48.1 Å². The molecule has 2 saturated carbocycles. The Hall–Kier alpha value is -1.39. The van der Waals surface area contributed by atoms with Gasteiger partial charge in [-0.1, -0.05) is 30.7 Å². The molecule has 4 nitrogen and oxygen atoms in total. The second kappa shape index (κ2) is 7.88. The van der Waals surface area contributed by atoms with Crippen LogP contribution in [0.15, 0.2) is 24.3 Å². The molecular formula is C21H30N2O2. The molecule has 4 heteroatoms. The van der Waals surface area contributed by atoms with E-state index in [0.717, 1.165) is 51.1 Å². The van der Waals surface area contributed by atoms with E-state index in [4.69, 9.17) is 4.74 Å². The van der Waals surface area contributed by atoms with Crippen molar-refractivity contribution in [2.75, 3.05) is 26.3 Å². The van der Waals surface area contributed by atoms with Crippen LogP contribution in [0.25, 0.3) is 0 Å². The molecule has 0 unspecified atom stereocenters. The van der Waals surface area contributed by atoms with Gasteiger partial charge < -0.3 is 10.1 Å². The summed E-state index contributed by atoms with van der Waals surface area (Å²) in [7, 11) is 0. The fraction of sp³-hybridized carbons (Fsp3) is 0.667. The summed E-state index contributed by atoms with van der Waals surface area (Å²) in [5.41, 5.74) is 2.57. The van der Waals surface area contributed by atoms with Crippen LogP contribution in [0.3, 0.4) is 0 Å². The maximum Gasteiger partial charge on any atom is 0.220 e. The number of rotatable bonds is 6. The Balaban J connectivity index is 1.29. The molecule has 1 aromatic carbocycles. The predicted octanol–water partition coefficient (Wildman–Crippen LogP) is 2.96. The summed E-state index contributed by atoms with van der Waals surface area (Å²) in [6, 6.07) is 8.50. The van der Waals surface area contributed by atoms with Crippen LogP contribution >= 0.6 is 0 Å². The lowest BCUT2D eigenvalue weighted by molar-refractivity contribution is -0.122. The van der Waals surface area contributed by atoms with Crippen molar-refractivity contribution >= 4 is 5.91 Å². The lowest BCUT2D eigenvalue weighted by Crippen LogP contribution is -2.36. The number of nitrogens with zero attached hydrogens (tertiary/aromatic N) is 1. The zero-order valence-corrected chi connectivity index (χ0v) is 15.1. The molecule has 3 aliphatic rings. The molecule has 2 aliphatic carbocycles. The van der Waals surface area contributed by atoms with E-state index in [0.29, 0.717) is 12.5 Å². The number of morpholine rings is 1. The van der Waals surface area contributed by atoms with Crippen molar-refractivity contribution in [3.8, 4) is 0 Å². The van der Waals surface area contributed by atoms with Crippen molar-refractivity contribution in [1.82, 2.24) is 10.2 Å². The average Bonchev–Trinajstić information content (AvgIpc) is 3.25. The van der Waals surface area contributed by atoms with Gasteiger partial charge in [-0.25, -0.2) is 0 Å². The lowest BCUT2D eigenvalue weighted by atomic mass is 9.86. The largest absolute Gasteiger partial charge is 0.379 e. The Bertz CT molecular complexity index is 597. The average molecular weight is 342 g/mol. The number of hydrogen-bond acceptors (Lipinski definition) is 3. The third-order valence-electron chi connectivity index (χ3n) is 6.42. The lowest BCUT2D eigenvalue weighted by Gasteiger charge is -2.27. The monoisotopic (exact) mass is 342 g/mol. The summed E-state index contributed by atoms with van der Waals surface area (Å²) in [5.74, 6) is 2.61. The molecule has 4 rings (SSSR count). The molecule has 136 valence electrons. The number of carbonyl (C=O) groups is 1. The van der Waals surface area contributed by atoms with Crippen molar-refractivity contribution in [2.45, 2.75) is 45.2 Å². The van der Waals surface area contributed by atoms with E-state index >= 15 is 0 Å². The zero-order chi connectivity index (χ0) is 17.1. The van der Waals surface area contributed by atoms with Crippen LogP contribution in [-0.2, 0) is 22.6 Å². The van der Waals surface area contributed by atoms with Gasteiger partial charge in [0.25, 0.3) is 0 Å². The normalized spacial score (nSPS) is 29.0. The van der Waals surface area contributed by atoms with E-state index in [1.807, 2.05) is 0 Å². The van der Waals surface area contributed by atoms with Crippen LogP contribution in [-0.4, -0.2) is 37.1 Å². The predicted molar refractivity (Wildman–Crippen MR) is 97.9 cm³/mol. The smallest absolute Gasteiger partial charge is 0.220 e. The molecule has 0 spiro atoms. The summed E-state index contributed by atoms with van der Waals surface area (Å²) < 4.78 is 5.43. The number of hydrogen-bond donors (Lipinski definition) is 1. The molecule has 3 fully saturated rings. The number of fused-ring (bicyclic) bond motifs is 2. The Morgan fingerprint density at radius 2 is 1.92 bits per heavy atom. The molecule has 1 aromatic rings. The van der Waals surface area contributed by atoms with Crippen molar-refractivity contribution in [2.24, 2.45) is 17.8 Å². The first-order valence-electron chi connectivity index (χ1n) is 9.91. The van der Waals surface area contributed by atoms with Gasteiger partial charge in [0, 0.05) is 32.6 Å². The van der Waals surface area contributed by atoms with Crippen molar-refractivity contribution in [3.05, 3.63) is 35.4 Å². The van der Waals surface area contributed by atoms with E-state index in [2.05, 4.69) is 34.5 Å². The number of carbonyl (C=O) groups excluding carboxylic acids is 1. The van der Waals surface area contributed by atoms with Gasteiger partial charge in [0.2, 0.25) is 5.91 Å². The quantitative estimate of drug-likeness (QED) is 0.864. The minimum Gasteiger partial charge on any atom is -0.379 e. The minimum absolute atomic E-state index is 0.235. The first-order chi connectivity index (χ1) is 12.3. The first-order valence-corrected chi connectivity index (χ1v) is 9.91. The van der Waals surface area contributed by atoms with E-state index in [9.17, 15) is 4.79 Å². The number of ether oxygens (including phenoxy) is 1. The Kier molecular flexibility index (Phi) is 5.37. The highest BCUT2D eigenvalue weighted by atomic mass is 16.5. The molecule has 0 radical (unpaired) electrons. The topological polar surface area (TPSA) is 41.6 Å². The third kappa shape index (κ3) is 4.24. The highest BCUT2D eigenvalue weighted by Crippen LogP contribution is 2.49. The standard InChI is InChI=1S/C21H30N2O2/c24-21(13-20-12-16-5-6-17(20)11-16)22-14-18-3-1-2-4-19(18)15-23-7-9-25-10-8-23/h1-4,16-17,20H,5-15H2,(H,22,24)/t16-,17+,20-/m0/s1. The summed E-state index contributed by atoms with van der Waals surface area (Å²) in [5, 5.41) is 3.18. The van der Waals surface area contributed by atoms with Gasteiger partial charge in [0.05, 0.1) is 13.2 Å².